The van der Waals surface area contributed by atoms with Gasteiger partial charge in [-0.25, -0.2) is 5.01 Å². The molecule has 1 N–H and O–H groups in total. The zero-order valence-corrected chi connectivity index (χ0v) is 16.5. The molecule has 144 valence electrons. The molecule has 0 aromatic carbocycles. The number of piperidine rings is 1. The first-order valence-corrected chi connectivity index (χ1v) is 10.4. The molecular formula is C19H26N6OS. The molecule has 7 nitrogen and oxygen atoms in total. The van der Waals surface area contributed by atoms with E-state index in [1.165, 1.54) is 0 Å². The van der Waals surface area contributed by atoms with Gasteiger partial charge in [0.15, 0.2) is 5.82 Å². The normalized spacial score (nSPS) is 20.0. The summed E-state index contributed by atoms with van der Waals surface area (Å²) in [6.45, 7) is 5.47. The van der Waals surface area contributed by atoms with Crippen molar-refractivity contribution in [1.29, 1.82) is 0 Å². The Kier molecular flexibility index (Phi) is 5.66. The lowest BCUT2D eigenvalue weighted by Gasteiger charge is -2.35. The Hall–Kier alpha value is -2.03. The molecule has 2 aliphatic rings. The van der Waals surface area contributed by atoms with Crippen molar-refractivity contribution in [3.63, 3.8) is 0 Å². The largest absolute Gasteiger partial charge is 0.355 e. The number of carbonyl (C=O) groups excluding carboxylic acids is 1. The maximum atomic E-state index is 12.6. The van der Waals surface area contributed by atoms with E-state index < -0.39 is 0 Å². The molecule has 8 heteroatoms. The van der Waals surface area contributed by atoms with Gasteiger partial charge in [0.2, 0.25) is 5.91 Å². The number of nitrogens with one attached hydrogen (secondary N) is 1. The number of hydrazine groups is 1. The molecule has 0 spiro atoms. The van der Waals surface area contributed by atoms with Gasteiger partial charge in [0, 0.05) is 45.2 Å². The Labute approximate surface area is 164 Å². The van der Waals surface area contributed by atoms with Crippen molar-refractivity contribution in [1.82, 2.24) is 25.5 Å². The minimum Gasteiger partial charge on any atom is -0.355 e. The van der Waals surface area contributed by atoms with Crippen molar-refractivity contribution < 1.29 is 4.79 Å². The van der Waals surface area contributed by atoms with Gasteiger partial charge >= 0.3 is 0 Å². The molecule has 2 aromatic rings. The second-order valence-corrected chi connectivity index (χ2v) is 8.23. The van der Waals surface area contributed by atoms with Crippen LogP contribution >= 0.6 is 11.3 Å². The van der Waals surface area contributed by atoms with E-state index in [9.17, 15) is 4.79 Å². The fraction of sp³-hybridized carbons (Fsp3) is 0.526. The number of nitrogens with zero attached hydrogens (tertiary/aromatic N) is 5. The Morgan fingerprint density at radius 1 is 1.07 bits per heavy atom. The molecule has 0 radical (unpaired) electrons. The molecule has 2 saturated heterocycles. The molecule has 0 atom stereocenters. The van der Waals surface area contributed by atoms with Gasteiger partial charge in [-0.2, -0.15) is 0 Å². The predicted octanol–water partition coefficient (Wildman–Crippen LogP) is 1.70. The topological polar surface area (TPSA) is 64.6 Å². The summed E-state index contributed by atoms with van der Waals surface area (Å²) in [5, 5.41) is 12.9. The summed E-state index contributed by atoms with van der Waals surface area (Å²) in [5.41, 5.74) is 4.02. The molecule has 0 bridgehead atoms. The fourth-order valence-electron chi connectivity index (χ4n) is 3.59. The lowest BCUT2D eigenvalue weighted by Crippen LogP contribution is -2.54. The number of piperazine rings is 1. The molecule has 2 aliphatic heterocycles. The van der Waals surface area contributed by atoms with E-state index in [-0.39, 0.29) is 11.8 Å². The van der Waals surface area contributed by atoms with Gasteiger partial charge < -0.3 is 9.80 Å². The van der Waals surface area contributed by atoms with Crippen LogP contribution in [0, 0.1) is 5.92 Å². The van der Waals surface area contributed by atoms with E-state index in [0.717, 1.165) is 68.5 Å². The second-order valence-electron chi connectivity index (χ2n) is 7.28. The summed E-state index contributed by atoms with van der Waals surface area (Å²) in [5.74, 6) is 1.14. The molecule has 27 heavy (non-hydrogen) atoms. The van der Waals surface area contributed by atoms with Crippen molar-refractivity contribution in [3.05, 3.63) is 29.6 Å². The Balaban J connectivity index is 1.28. The number of aromatic nitrogens is 2. The quantitative estimate of drug-likeness (QED) is 0.863. The van der Waals surface area contributed by atoms with Gasteiger partial charge in [0.05, 0.1) is 4.88 Å². The minimum absolute atomic E-state index is 0.0826. The zero-order valence-electron chi connectivity index (χ0n) is 15.7. The van der Waals surface area contributed by atoms with Gasteiger partial charge in [0.1, 0.15) is 5.69 Å². The van der Waals surface area contributed by atoms with Crippen LogP contribution in [-0.4, -0.2) is 72.3 Å². The lowest BCUT2D eigenvalue weighted by atomic mass is 9.96. The van der Waals surface area contributed by atoms with Crippen LogP contribution in [0.15, 0.2) is 29.6 Å². The van der Waals surface area contributed by atoms with Crippen LogP contribution < -0.4 is 10.3 Å². The number of thiophene rings is 1. The van der Waals surface area contributed by atoms with E-state index in [1.807, 2.05) is 23.6 Å². The van der Waals surface area contributed by atoms with Gasteiger partial charge in [-0.3, -0.25) is 10.2 Å². The molecule has 1 amide bonds. The smallest absolute Gasteiger partial charge is 0.237 e. The highest BCUT2D eigenvalue weighted by Gasteiger charge is 2.27. The number of carbonyl (C=O) groups is 1. The van der Waals surface area contributed by atoms with Gasteiger partial charge in [0.25, 0.3) is 0 Å². The van der Waals surface area contributed by atoms with E-state index in [1.54, 1.807) is 11.3 Å². The number of anilines is 1. The number of likely N-dealkylation sites (N-methyl/N-ethyl adjacent to an activating group) is 1. The fourth-order valence-corrected chi connectivity index (χ4v) is 4.28. The summed E-state index contributed by atoms with van der Waals surface area (Å²) in [6, 6.07) is 8.14. The van der Waals surface area contributed by atoms with Gasteiger partial charge in [-0.05, 0) is 43.5 Å². The summed E-state index contributed by atoms with van der Waals surface area (Å²) in [4.78, 5) is 18.2. The van der Waals surface area contributed by atoms with Crippen LogP contribution in [0.3, 0.4) is 0 Å². The first-order valence-electron chi connectivity index (χ1n) is 9.55. The number of hydrogen-bond donors (Lipinski definition) is 1. The standard InChI is InChI=1S/C19H26N6OS/c1-23-10-12-25(13-11-23)22-19(26)15-6-8-24(9-7-15)18-5-4-16(20-21-18)17-3-2-14-27-17/h2-5,14-15H,6-13H2,1H3,(H,22,26). The van der Waals surface area contributed by atoms with Crippen LogP contribution in [-0.2, 0) is 4.79 Å². The maximum absolute atomic E-state index is 12.6. The molecular weight excluding hydrogens is 360 g/mol. The molecule has 4 rings (SSSR count). The summed E-state index contributed by atoms with van der Waals surface area (Å²) >= 11 is 1.67. The van der Waals surface area contributed by atoms with E-state index in [4.69, 9.17) is 0 Å². The number of amides is 1. The molecule has 4 heterocycles. The monoisotopic (exact) mass is 386 g/mol. The molecule has 0 saturated carbocycles. The second kappa shape index (κ2) is 8.33. The highest BCUT2D eigenvalue weighted by molar-refractivity contribution is 7.13. The first kappa shape index (κ1) is 18.3. The SMILES string of the molecule is CN1CCN(NC(=O)C2CCN(c3ccc(-c4cccs4)nn3)CC2)CC1. The zero-order chi connectivity index (χ0) is 18.6. The third-order valence-electron chi connectivity index (χ3n) is 5.39. The number of rotatable bonds is 4. The van der Waals surface area contributed by atoms with Crippen LogP contribution in [0.1, 0.15) is 12.8 Å². The maximum Gasteiger partial charge on any atom is 0.237 e. The Bertz CT molecular complexity index is 734. The van der Waals surface area contributed by atoms with Crippen molar-refractivity contribution in [2.24, 2.45) is 5.92 Å². The van der Waals surface area contributed by atoms with Crippen LogP contribution in [0.4, 0.5) is 5.82 Å². The van der Waals surface area contributed by atoms with E-state index in [2.05, 4.69) is 43.5 Å². The summed E-state index contributed by atoms with van der Waals surface area (Å²) in [7, 11) is 2.12. The summed E-state index contributed by atoms with van der Waals surface area (Å²) in [6.07, 6.45) is 1.71. The highest BCUT2D eigenvalue weighted by Crippen LogP contribution is 2.25. The van der Waals surface area contributed by atoms with E-state index in [0.29, 0.717) is 0 Å². The van der Waals surface area contributed by atoms with Gasteiger partial charge in [-0.1, -0.05) is 6.07 Å². The van der Waals surface area contributed by atoms with Crippen molar-refractivity contribution >= 4 is 23.1 Å². The average Bonchev–Trinajstić information content (AvgIpc) is 3.25. The lowest BCUT2D eigenvalue weighted by molar-refractivity contribution is -0.131. The Morgan fingerprint density at radius 2 is 1.85 bits per heavy atom. The molecule has 0 aliphatic carbocycles. The Morgan fingerprint density at radius 3 is 2.48 bits per heavy atom. The molecule has 2 fully saturated rings. The van der Waals surface area contributed by atoms with Crippen molar-refractivity contribution in [3.8, 4) is 10.6 Å². The average molecular weight is 387 g/mol. The molecule has 0 unspecified atom stereocenters. The predicted molar refractivity (Wildman–Crippen MR) is 107 cm³/mol. The minimum atomic E-state index is 0.0826. The van der Waals surface area contributed by atoms with Crippen LogP contribution in [0.2, 0.25) is 0 Å². The van der Waals surface area contributed by atoms with Gasteiger partial charge in [-0.15, -0.1) is 21.5 Å². The van der Waals surface area contributed by atoms with Crippen LogP contribution in [0.25, 0.3) is 10.6 Å². The molecule has 2 aromatic heterocycles. The van der Waals surface area contributed by atoms with Crippen LogP contribution in [0.5, 0.6) is 0 Å². The third kappa shape index (κ3) is 4.45. The first-order chi connectivity index (χ1) is 13.2. The summed E-state index contributed by atoms with van der Waals surface area (Å²) < 4.78 is 0. The highest BCUT2D eigenvalue weighted by atomic mass is 32.1. The van der Waals surface area contributed by atoms with E-state index >= 15 is 0 Å². The number of hydrogen-bond acceptors (Lipinski definition) is 7. The third-order valence-corrected chi connectivity index (χ3v) is 6.28. The van der Waals surface area contributed by atoms with Crippen molar-refractivity contribution in [2.75, 3.05) is 51.2 Å². The van der Waals surface area contributed by atoms with Crippen molar-refractivity contribution in [2.45, 2.75) is 12.8 Å².